The maximum Gasteiger partial charge on any atom is 0.266 e. The van der Waals surface area contributed by atoms with Gasteiger partial charge in [0.25, 0.3) is 5.56 Å². The van der Waals surface area contributed by atoms with Crippen LogP contribution in [0.4, 0.5) is 0 Å². The average Bonchev–Trinajstić information content (AvgIpc) is 3.01. The summed E-state index contributed by atoms with van der Waals surface area (Å²) in [5.74, 6) is -1.45. The quantitative estimate of drug-likeness (QED) is 0.663. The van der Waals surface area contributed by atoms with Crippen molar-refractivity contribution in [2.45, 2.75) is 12.8 Å². The van der Waals surface area contributed by atoms with Gasteiger partial charge in [-0.05, 0) is 31.0 Å². The maximum absolute atomic E-state index is 12.4. The molecule has 6 nitrogen and oxygen atoms in total. The first-order valence-electron chi connectivity index (χ1n) is 6.40. The highest BCUT2D eigenvalue weighted by molar-refractivity contribution is 6.16. The van der Waals surface area contributed by atoms with Crippen LogP contribution in [0.1, 0.15) is 38.6 Å². The molecule has 0 radical (unpaired) electrons. The van der Waals surface area contributed by atoms with Crippen molar-refractivity contribution in [2.24, 2.45) is 5.92 Å². The lowest BCUT2D eigenvalue weighted by Crippen LogP contribution is -2.32. The van der Waals surface area contributed by atoms with Crippen LogP contribution in [0, 0.1) is 17.2 Å². The second-order valence-electron chi connectivity index (χ2n) is 4.81. The minimum atomic E-state index is -0.832. The third kappa shape index (κ3) is 2.09. The van der Waals surface area contributed by atoms with Gasteiger partial charge in [-0.3, -0.25) is 14.4 Å². The first-order valence-corrected chi connectivity index (χ1v) is 6.40. The molecule has 0 spiro atoms. The number of hydrogen-bond acceptors (Lipinski definition) is 5. The van der Waals surface area contributed by atoms with Gasteiger partial charge in [0.15, 0.2) is 11.5 Å². The highest BCUT2D eigenvalue weighted by Gasteiger charge is 2.35. The Morgan fingerprint density at radius 2 is 2.24 bits per heavy atom. The van der Waals surface area contributed by atoms with Crippen LogP contribution in [0.15, 0.2) is 33.7 Å². The highest BCUT2D eigenvalue weighted by atomic mass is 16.3. The Bertz CT molecular complexity index is 824. The minimum absolute atomic E-state index is 0.131. The number of nitriles is 1. The van der Waals surface area contributed by atoms with E-state index in [1.54, 1.807) is 12.1 Å². The van der Waals surface area contributed by atoms with Crippen molar-refractivity contribution in [3.8, 4) is 6.07 Å². The molecule has 0 aliphatic heterocycles. The summed E-state index contributed by atoms with van der Waals surface area (Å²) in [6, 6.07) is 6.10. The largest absolute Gasteiger partial charge is 0.461 e. The van der Waals surface area contributed by atoms with Crippen molar-refractivity contribution in [3.05, 3.63) is 57.4 Å². The lowest BCUT2D eigenvalue weighted by molar-refractivity contribution is 0.0772. The van der Waals surface area contributed by atoms with Crippen LogP contribution in [0.2, 0.25) is 0 Å². The van der Waals surface area contributed by atoms with Crippen molar-refractivity contribution in [1.82, 2.24) is 4.98 Å². The van der Waals surface area contributed by atoms with Crippen LogP contribution in [0.3, 0.4) is 0 Å². The Labute approximate surface area is 119 Å². The van der Waals surface area contributed by atoms with E-state index < -0.39 is 11.5 Å². The number of H-pyrrole nitrogens is 1. The average molecular weight is 282 g/mol. The third-order valence-electron chi connectivity index (χ3n) is 3.59. The highest BCUT2D eigenvalue weighted by Crippen LogP contribution is 2.27. The van der Waals surface area contributed by atoms with Crippen molar-refractivity contribution in [2.75, 3.05) is 0 Å². The van der Waals surface area contributed by atoms with Gasteiger partial charge < -0.3 is 9.40 Å². The summed E-state index contributed by atoms with van der Waals surface area (Å²) in [6.07, 6.45) is 2.09. The van der Waals surface area contributed by atoms with Gasteiger partial charge in [-0.1, -0.05) is 0 Å². The first kappa shape index (κ1) is 13.1. The second-order valence-corrected chi connectivity index (χ2v) is 4.81. The Morgan fingerprint density at radius 3 is 2.90 bits per heavy atom. The Hall–Kier alpha value is -2.94. The molecule has 0 amide bonds. The van der Waals surface area contributed by atoms with E-state index in [9.17, 15) is 14.4 Å². The van der Waals surface area contributed by atoms with Gasteiger partial charge in [-0.15, -0.1) is 0 Å². The number of carbonyl (C=O) groups excluding carboxylic acids is 2. The summed E-state index contributed by atoms with van der Waals surface area (Å²) >= 11 is 0. The van der Waals surface area contributed by atoms with E-state index in [0.717, 1.165) is 0 Å². The number of carbonyl (C=O) groups is 2. The summed E-state index contributed by atoms with van der Waals surface area (Å²) in [6.45, 7) is 0. The molecule has 1 unspecified atom stereocenters. The molecule has 104 valence electrons. The number of Topliss-reactive ketones (excluding diaryl/α,β-unsaturated/α-hetero) is 2. The number of nitrogens with one attached hydrogen (secondary N) is 1. The Balaban J connectivity index is 2.01. The van der Waals surface area contributed by atoms with Gasteiger partial charge in [0.05, 0.1) is 12.2 Å². The van der Waals surface area contributed by atoms with E-state index in [1.165, 1.54) is 18.4 Å². The fraction of sp³-hybridized carbons (Fsp3) is 0.200. The third-order valence-corrected chi connectivity index (χ3v) is 3.59. The SMILES string of the molecule is N#Cc1cc2c([nH]c1=O)CCC(C(=O)c1ccco1)C2=O. The van der Waals surface area contributed by atoms with Crippen molar-refractivity contribution in [3.63, 3.8) is 0 Å². The van der Waals surface area contributed by atoms with E-state index >= 15 is 0 Å². The van der Waals surface area contributed by atoms with Gasteiger partial charge in [0.1, 0.15) is 11.6 Å². The van der Waals surface area contributed by atoms with E-state index in [2.05, 4.69) is 4.98 Å². The van der Waals surface area contributed by atoms with Crippen LogP contribution in [0.25, 0.3) is 0 Å². The molecule has 2 heterocycles. The smallest absolute Gasteiger partial charge is 0.266 e. The molecule has 0 saturated carbocycles. The number of aryl methyl sites for hydroxylation is 1. The van der Waals surface area contributed by atoms with Crippen LogP contribution in [-0.2, 0) is 6.42 Å². The number of fused-ring (bicyclic) bond motifs is 1. The zero-order valence-corrected chi connectivity index (χ0v) is 10.9. The van der Waals surface area contributed by atoms with Crippen molar-refractivity contribution < 1.29 is 14.0 Å². The molecule has 1 aliphatic carbocycles. The van der Waals surface area contributed by atoms with Gasteiger partial charge in [0, 0.05) is 11.3 Å². The number of ketones is 2. The molecule has 2 aromatic heterocycles. The minimum Gasteiger partial charge on any atom is -0.461 e. The lowest BCUT2D eigenvalue weighted by atomic mass is 9.82. The molecule has 21 heavy (non-hydrogen) atoms. The van der Waals surface area contributed by atoms with Crippen molar-refractivity contribution in [1.29, 1.82) is 5.26 Å². The molecule has 0 aromatic carbocycles. The first-order chi connectivity index (χ1) is 10.1. The normalized spacial score (nSPS) is 17.1. The molecular weight excluding hydrogens is 272 g/mol. The molecule has 1 N–H and O–H groups in total. The van der Waals surface area contributed by atoms with Gasteiger partial charge >= 0.3 is 0 Å². The number of hydrogen-bond donors (Lipinski definition) is 1. The number of furan rings is 1. The van der Waals surface area contributed by atoms with E-state index in [1.807, 2.05) is 0 Å². The van der Waals surface area contributed by atoms with Crippen LogP contribution < -0.4 is 5.56 Å². The fourth-order valence-electron chi connectivity index (χ4n) is 2.52. The molecule has 3 rings (SSSR count). The Kier molecular flexibility index (Phi) is 3.03. The summed E-state index contributed by atoms with van der Waals surface area (Å²) in [5.41, 5.74) is 0.0721. The lowest BCUT2D eigenvalue weighted by Gasteiger charge is -2.21. The topological polar surface area (TPSA) is 104 Å². The molecule has 6 heteroatoms. The molecule has 0 saturated heterocycles. The summed E-state index contributed by atoms with van der Waals surface area (Å²) in [7, 11) is 0. The summed E-state index contributed by atoms with van der Waals surface area (Å²) < 4.78 is 5.04. The van der Waals surface area contributed by atoms with Gasteiger partial charge in [-0.25, -0.2) is 0 Å². The molecule has 0 bridgehead atoms. The standard InChI is InChI=1S/C15H10N2O4/c16-7-8-6-10-11(17-15(8)20)4-3-9(13(10)18)14(19)12-2-1-5-21-12/h1-2,5-6,9H,3-4H2,(H,17,20). The molecule has 1 aliphatic rings. The molecule has 1 atom stereocenters. The number of pyridine rings is 1. The molecular formula is C15H10N2O4. The number of nitrogens with zero attached hydrogens (tertiary/aromatic N) is 1. The number of aromatic amines is 1. The van der Waals surface area contributed by atoms with E-state index in [0.29, 0.717) is 18.5 Å². The van der Waals surface area contributed by atoms with Crippen LogP contribution in [0.5, 0.6) is 0 Å². The second kappa shape index (κ2) is 4.87. The maximum atomic E-state index is 12.4. The van der Waals surface area contributed by atoms with Gasteiger partial charge in [0.2, 0.25) is 5.78 Å². The monoisotopic (exact) mass is 282 g/mol. The number of rotatable bonds is 2. The summed E-state index contributed by atoms with van der Waals surface area (Å²) in [4.78, 5) is 38.8. The predicted octanol–water partition coefficient (Wildman–Crippen LogP) is 1.47. The Morgan fingerprint density at radius 1 is 1.43 bits per heavy atom. The van der Waals surface area contributed by atoms with E-state index in [4.69, 9.17) is 9.68 Å². The fourth-order valence-corrected chi connectivity index (χ4v) is 2.52. The molecule has 0 fully saturated rings. The van der Waals surface area contributed by atoms with Crippen LogP contribution >= 0.6 is 0 Å². The predicted molar refractivity (Wildman–Crippen MR) is 71.0 cm³/mol. The van der Waals surface area contributed by atoms with Gasteiger partial charge in [-0.2, -0.15) is 5.26 Å². The van der Waals surface area contributed by atoms with Crippen LogP contribution in [-0.4, -0.2) is 16.6 Å². The van der Waals surface area contributed by atoms with Crippen molar-refractivity contribution >= 4 is 11.6 Å². The zero-order valence-electron chi connectivity index (χ0n) is 10.9. The molecule has 2 aromatic rings. The number of aromatic nitrogens is 1. The summed E-state index contributed by atoms with van der Waals surface area (Å²) in [5, 5.41) is 8.87. The van der Waals surface area contributed by atoms with E-state index in [-0.39, 0.29) is 28.5 Å². The zero-order chi connectivity index (χ0) is 15.0.